The molecule has 0 aliphatic rings. The molecule has 16 heteroatoms. The minimum atomic E-state index is -0.890. The second kappa shape index (κ2) is 18.6. The van der Waals surface area contributed by atoms with Crippen molar-refractivity contribution in [2.24, 2.45) is 0 Å². The van der Waals surface area contributed by atoms with Crippen molar-refractivity contribution in [3.63, 3.8) is 0 Å². The standard InChI is InChI=1S/C24H22N4O4.C17H16N4O4/c1-2-31-24(30)20-13-19-21(25-14-17-9-5-3-6-10-17)26-16-27-22(19)28(23(20)29)32-15-18-11-7-4-8-12-18;1-2-25-17(23)13-8-12-14(18-9-11-6-4-3-5-7-11)19-10-20-15(12)21(24)16(13)22/h3-13,16H,2,14-15H2,1H3,(H,25,26,27);3-8,10,24H,2,9H2,1H3,(H,18,19,20). The zero-order valence-corrected chi connectivity index (χ0v) is 31.0. The Morgan fingerprint density at radius 2 is 1.05 bits per heavy atom. The summed E-state index contributed by atoms with van der Waals surface area (Å²) in [6.07, 6.45) is 2.58. The van der Waals surface area contributed by atoms with Crippen LogP contribution < -0.4 is 26.6 Å². The van der Waals surface area contributed by atoms with E-state index in [0.717, 1.165) is 21.4 Å². The van der Waals surface area contributed by atoms with Crippen molar-refractivity contribution in [3.8, 4) is 0 Å². The Bertz CT molecular complexity index is 2600. The Balaban J connectivity index is 0.000000199. The number of nitrogens with zero attached hydrogens (tertiary/aromatic N) is 6. The molecule has 0 saturated carbocycles. The van der Waals surface area contributed by atoms with Crippen LogP contribution in [0.25, 0.3) is 22.1 Å². The molecule has 0 bridgehead atoms. The van der Waals surface area contributed by atoms with Gasteiger partial charge in [-0.2, -0.15) is 0 Å². The summed E-state index contributed by atoms with van der Waals surface area (Å²) in [6.45, 7) is 4.68. The Kier molecular flexibility index (Phi) is 12.8. The number of nitrogens with one attached hydrogen (secondary N) is 2. The van der Waals surface area contributed by atoms with Gasteiger partial charge in [0.25, 0.3) is 11.1 Å². The van der Waals surface area contributed by atoms with Crippen molar-refractivity contribution < 1.29 is 29.1 Å². The molecule has 0 unspecified atom stereocenters. The summed E-state index contributed by atoms with van der Waals surface area (Å²) in [6, 6.07) is 31.6. The predicted octanol–water partition coefficient (Wildman–Crippen LogP) is 5.03. The van der Waals surface area contributed by atoms with E-state index in [2.05, 4.69) is 30.6 Å². The summed E-state index contributed by atoms with van der Waals surface area (Å²) < 4.78 is 11.3. The molecule has 57 heavy (non-hydrogen) atoms. The minimum absolute atomic E-state index is 0.00334. The quantitative estimate of drug-likeness (QED) is 0.104. The molecule has 0 spiro atoms. The second-order valence-corrected chi connectivity index (χ2v) is 12.1. The monoisotopic (exact) mass is 770 g/mol. The van der Waals surface area contributed by atoms with Crippen LogP contribution in [0.3, 0.4) is 0 Å². The first kappa shape index (κ1) is 39.1. The Hall–Kier alpha value is -7.62. The fourth-order valence-electron chi connectivity index (χ4n) is 5.59. The van der Waals surface area contributed by atoms with Gasteiger partial charge in [0.15, 0.2) is 11.3 Å². The molecule has 290 valence electrons. The van der Waals surface area contributed by atoms with Crippen LogP contribution in [-0.4, -0.2) is 59.8 Å². The van der Waals surface area contributed by atoms with Gasteiger partial charge in [0, 0.05) is 13.1 Å². The van der Waals surface area contributed by atoms with Crippen LogP contribution >= 0.6 is 0 Å². The summed E-state index contributed by atoms with van der Waals surface area (Å²) in [5.41, 5.74) is 1.24. The molecule has 4 aromatic heterocycles. The molecule has 7 rings (SSSR count). The molecule has 3 aromatic carbocycles. The van der Waals surface area contributed by atoms with Gasteiger partial charge in [-0.15, -0.1) is 9.46 Å². The molecule has 0 amide bonds. The van der Waals surface area contributed by atoms with Crippen LogP contribution in [0, 0.1) is 0 Å². The van der Waals surface area contributed by atoms with Crippen molar-refractivity contribution in [2.75, 3.05) is 23.8 Å². The summed E-state index contributed by atoms with van der Waals surface area (Å²) in [7, 11) is 0. The van der Waals surface area contributed by atoms with E-state index < -0.39 is 23.1 Å². The van der Waals surface area contributed by atoms with Gasteiger partial charge in [0.05, 0.1) is 24.0 Å². The predicted molar refractivity (Wildman–Crippen MR) is 211 cm³/mol. The van der Waals surface area contributed by atoms with Crippen LogP contribution in [0.4, 0.5) is 11.6 Å². The van der Waals surface area contributed by atoms with Gasteiger partial charge in [-0.25, -0.2) is 29.5 Å². The van der Waals surface area contributed by atoms with E-state index in [1.54, 1.807) is 13.8 Å². The number of hydrogen-bond donors (Lipinski definition) is 3. The lowest BCUT2D eigenvalue weighted by Gasteiger charge is -2.15. The third kappa shape index (κ3) is 9.37. The molecule has 7 aromatic rings. The Morgan fingerprint density at radius 3 is 1.54 bits per heavy atom. The lowest BCUT2D eigenvalue weighted by molar-refractivity contribution is 0.0506. The summed E-state index contributed by atoms with van der Waals surface area (Å²) in [5, 5.41) is 17.2. The van der Waals surface area contributed by atoms with Gasteiger partial charge in [0.1, 0.15) is 42.0 Å². The van der Waals surface area contributed by atoms with Crippen LogP contribution in [0.1, 0.15) is 51.3 Å². The van der Waals surface area contributed by atoms with Gasteiger partial charge >= 0.3 is 11.9 Å². The number of esters is 2. The molecular weight excluding hydrogens is 732 g/mol. The van der Waals surface area contributed by atoms with Crippen molar-refractivity contribution in [1.82, 2.24) is 29.4 Å². The molecule has 0 atom stereocenters. The number of anilines is 2. The maximum Gasteiger partial charge on any atom is 0.343 e. The zero-order valence-electron chi connectivity index (χ0n) is 31.0. The third-order valence-corrected chi connectivity index (χ3v) is 8.33. The second-order valence-electron chi connectivity index (χ2n) is 12.1. The number of benzene rings is 3. The maximum absolute atomic E-state index is 13.1. The molecule has 0 saturated heterocycles. The lowest BCUT2D eigenvalue weighted by Crippen LogP contribution is -2.32. The van der Waals surface area contributed by atoms with E-state index in [9.17, 15) is 24.4 Å². The zero-order chi connectivity index (χ0) is 40.1. The maximum atomic E-state index is 13.1. The van der Waals surface area contributed by atoms with E-state index in [1.807, 2.05) is 91.0 Å². The van der Waals surface area contributed by atoms with Crippen LogP contribution in [-0.2, 0) is 29.2 Å². The van der Waals surface area contributed by atoms with E-state index in [0.29, 0.717) is 40.2 Å². The van der Waals surface area contributed by atoms with Gasteiger partial charge in [-0.1, -0.05) is 91.0 Å². The normalized spacial score (nSPS) is 10.6. The number of hydrogen-bond acceptors (Lipinski definition) is 14. The van der Waals surface area contributed by atoms with E-state index in [-0.39, 0.29) is 42.2 Å². The number of carbonyl (C=O) groups is 2. The molecule has 3 N–H and O–H groups in total. The van der Waals surface area contributed by atoms with E-state index >= 15 is 0 Å². The molecule has 0 aliphatic carbocycles. The van der Waals surface area contributed by atoms with Gasteiger partial charge < -0.3 is 30.2 Å². The highest BCUT2D eigenvalue weighted by Crippen LogP contribution is 2.21. The number of ether oxygens (including phenoxy) is 2. The number of fused-ring (bicyclic) bond motifs is 2. The summed E-state index contributed by atoms with van der Waals surface area (Å²) >= 11 is 0. The van der Waals surface area contributed by atoms with Gasteiger partial charge in [-0.3, -0.25) is 9.59 Å². The smallest absolute Gasteiger partial charge is 0.343 e. The van der Waals surface area contributed by atoms with E-state index in [1.165, 1.54) is 24.8 Å². The van der Waals surface area contributed by atoms with Crippen LogP contribution in [0.15, 0.2) is 125 Å². The van der Waals surface area contributed by atoms with Gasteiger partial charge in [-0.05, 0) is 42.7 Å². The highest BCUT2D eigenvalue weighted by Gasteiger charge is 2.21. The number of aromatic nitrogens is 6. The SMILES string of the molecule is CCOC(=O)c1cc2c(NCc3ccccc3)ncnc2n(O)c1=O.CCOC(=O)c1cc2c(NCc3ccccc3)ncnc2n(OCc2ccccc2)c1=O. The van der Waals surface area contributed by atoms with Crippen molar-refractivity contribution in [1.29, 1.82) is 0 Å². The van der Waals surface area contributed by atoms with E-state index in [4.69, 9.17) is 14.3 Å². The fourth-order valence-corrected chi connectivity index (χ4v) is 5.59. The minimum Gasteiger partial charge on any atom is -0.462 e. The topological polar surface area (TPSA) is 202 Å². The first-order valence-corrected chi connectivity index (χ1v) is 17.9. The summed E-state index contributed by atoms with van der Waals surface area (Å²) in [4.78, 5) is 72.0. The average Bonchev–Trinajstić information content (AvgIpc) is 3.24. The fraction of sp³-hybridized carbons (Fsp3) is 0.171. The van der Waals surface area contributed by atoms with Crippen molar-refractivity contribution >= 4 is 45.6 Å². The largest absolute Gasteiger partial charge is 0.462 e. The van der Waals surface area contributed by atoms with Crippen molar-refractivity contribution in [2.45, 2.75) is 33.5 Å². The Labute approximate surface area is 325 Å². The molecule has 16 nitrogen and oxygen atoms in total. The van der Waals surface area contributed by atoms with Crippen molar-refractivity contribution in [3.05, 3.63) is 164 Å². The van der Waals surface area contributed by atoms with Crippen LogP contribution in [0.5, 0.6) is 0 Å². The molecule has 0 radical (unpaired) electrons. The number of pyridine rings is 2. The molecule has 0 fully saturated rings. The first-order chi connectivity index (χ1) is 27.8. The summed E-state index contributed by atoms with van der Waals surface area (Å²) in [5.74, 6) is -0.673. The lowest BCUT2D eigenvalue weighted by atomic mass is 10.2. The highest BCUT2D eigenvalue weighted by atomic mass is 16.7. The van der Waals surface area contributed by atoms with Gasteiger partial charge in [0.2, 0.25) is 0 Å². The van der Waals surface area contributed by atoms with Crippen LogP contribution in [0.2, 0.25) is 0 Å². The molecule has 4 heterocycles. The number of carbonyl (C=O) groups excluding carboxylic acids is 2. The molecule has 0 aliphatic heterocycles. The third-order valence-electron chi connectivity index (χ3n) is 8.33. The average molecular weight is 771 g/mol. The molecular formula is C41H38N8O8. The number of rotatable bonds is 13. The highest BCUT2D eigenvalue weighted by molar-refractivity contribution is 5.97. The first-order valence-electron chi connectivity index (χ1n) is 17.9. The Morgan fingerprint density at radius 1 is 0.614 bits per heavy atom.